The highest BCUT2D eigenvalue weighted by atomic mass is 16.5. The van der Waals surface area contributed by atoms with Crippen LogP contribution in [0, 0.1) is 17.2 Å². The summed E-state index contributed by atoms with van der Waals surface area (Å²) in [6, 6.07) is 10.0. The normalized spacial score (nSPS) is 20.3. The Morgan fingerprint density at radius 2 is 2.08 bits per heavy atom. The molecule has 0 unspecified atom stereocenters. The van der Waals surface area contributed by atoms with Crippen LogP contribution >= 0.6 is 0 Å². The van der Waals surface area contributed by atoms with Crippen LogP contribution in [0.2, 0.25) is 0 Å². The van der Waals surface area contributed by atoms with E-state index < -0.39 is 0 Å². The second kappa shape index (κ2) is 8.20. The summed E-state index contributed by atoms with van der Waals surface area (Å²) in [6.07, 6.45) is 2.52. The number of nitrogens with zero attached hydrogens (tertiary/aromatic N) is 3. The van der Waals surface area contributed by atoms with E-state index in [0.29, 0.717) is 31.1 Å². The smallest absolute Gasteiger partial charge is 0.223 e. The van der Waals surface area contributed by atoms with Crippen molar-refractivity contribution in [3.63, 3.8) is 0 Å². The molecule has 0 saturated carbocycles. The van der Waals surface area contributed by atoms with Gasteiger partial charge in [-0.3, -0.25) is 9.69 Å². The van der Waals surface area contributed by atoms with Crippen molar-refractivity contribution in [3.8, 4) is 6.07 Å². The molecule has 2 heterocycles. The maximum absolute atomic E-state index is 12.8. The summed E-state index contributed by atoms with van der Waals surface area (Å²) in [7, 11) is 0. The number of morpholine rings is 1. The number of hydrogen-bond acceptors (Lipinski definition) is 4. The van der Waals surface area contributed by atoms with E-state index >= 15 is 0 Å². The van der Waals surface area contributed by atoms with E-state index in [2.05, 4.69) is 35.8 Å². The first-order chi connectivity index (χ1) is 12.5. The first-order valence-corrected chi connectivity index (χ1v) is 9.62. The molecule has 0 aromatic heterocycles. The highest BCUT2D eigenvalue weighted by Crippen LogP contribution is 2.33. The van der Waals surface area contributed by atoms with Crippen molar-refractivity contribution in [1.82, 2.24) is 9.80 Å². The minimum atomic E-state index is -0.130. The monoisotopic (exact) mass is 355 g/mol. The Kier molecular flexibility index (Phi) is 5.95. The number of likely N-dealkylation sites (tertiary alicyclic amines) is 1. The third kappa shape index (κ3) is 4.25. The fourth-order valence-electron chi connectivity index (χ4n) is 4.12. The zero-order valence-electron chi connectivity index (χ0n) is 15.9. The lowest BCUT2D eigenvalue weighted by atomic mass is 9.84. The number of hydrogen-bond donors (Lipinski definition) is 0. The average Bonchev–Trinajstić information content (AvgIpc) is 2.64. The van der Waals surface area contributed by atoms with Crippen molar-refractivity contribution in [2.75, 3.05) is 32.8 Å². The minimum absolute atomic E-state index is 0.130. The number of nitriles is 1. The standard InChI is InChI=1S/C21H29N3O2/c1-17(2)12-20(25)24-10-11-26-16-21(24)6-8-23(9-7-21)15-19-5-3-4-18(13-19)14-22/h3-5,13,17H,6-12,15-16H2,1-2H3. The van der Waals surface area contributed by atoms with Crippen LogP contribution < -0.4 is 0 Å². The van der Waals surface area contributed by atoms with Gasteiger partial charge in [-0.15, -0.1) is 0 Å². The van der Waals surface area contributed by atoms with Crippen LogP contribution in [-0.4, -0.2) is 54.1 Å². The molecule has 1 spiro atoms. The van der Waals surface area contributed by atoms with Gasteiger partial charge in [0.1, 0.15) is 0 Å². The number of ether oxygens (including phenoxy) is 1. The van der Waals surface area contributed by atoms with Crippen molar-refractivity contribution in [1.29, 1.82) is 5.26 Å². The van der Waals surface area contributed by atoms with Crippen LogP contribution in [0.4, 0.5) is 0 Å². The van der Waals surface area contributed by atoms with Crippen LogP contribution in [-0.2, 0) is 16.1 Å². The van der Waals surface area contributed by atoms with Gasteiger partial charge >= 0.3 is 0 Å². The maximum atomic E-state index is 12.8. The summed E-state index contributed by atoms with van der Waals surface area (Å²) in [4.78, 5) is 17.3. The Morgan fingerprint density at radius 3 is 2.77 bits per heavy atom. The first-order valence-electron chi connectivity index (χ1n) is 9.62. The van der Waals surface area contributed by atoms with Gasteiger partial charge in [0, 0.05) is 32.6 Å². The molecule has 2 aliphatic rings. The molecule has 26 heavy (non-hydrogen) atoms. The van der Waals surface area contributed by atoms with Gasteiger partial charge in [0.25, 0.3) is 0 Å². The quantitative estimate of drug-likeness (QED) is 0.833. The van der Waals surface area contributed by atoms with Crippen LogP contribution in [0.1, 0.15) is 44.2 Å². The van der Waals surface area contributed by atoms with E-state index in [9.17, 15) is 4.79 Å². The highest BCUT2D eigenvalue weighted by molar-refractivity contribution is 5.77. The molecule has 0 N–H and O–H groups in total. The number of rotatable bonds is 4. The van der Waals surface area contributed by atoms with Gasteiger partial charge in [0.15, 0.2) is 0 Å². The van der Waals surface area contributed by atoms with Crippen molar-refractivity contribution in [2.45, 2.75) is 45.2 Å². The number of piperidine rings is 1. The summed E-state index contributed by atoms with van der Waals surface area (Å²) < 4.78 is 5.78. The Labute approximate surface area is 156 Å². The SMILES string of the molecule is CC(C)CC(=O)N1CCOCC12CCN(Cc1cccc(C#N)c1)CC2. The third-order valence-corrected chi connectivity index (χ3v) is 5.54. The second-order valence-corrected chi connectivity index (χ2v) is 8.01. The average molecular weight is 355 g/mol. The van der Waals surface area contributed by atoms with Crippen LogP contribution in [0.3, 0.4) is 0 Å². The molecule has 2 aliphatic heterocycles. The lowest BCUT2D eigenvalue weighted by Gasteiger charge is -2.51. The van der Waals surface area contributed by atoms with Crippen molar-refractivity contribution >= 4 is 5.91 Å². The van der Waals surface area contributed by atoms with Crippen LogP contribution in [0.5, 0.6) is 0 Å². The van der Waals surface area contributed by atoms with Crippen molar-refractivity contribution in [2.24, 2.45) is 5.92 Å². The van der Waals surface area contributed by atoms with Gasteiger partial charge in [-0.1, -0.05) is 26.0 Å². The highest BCUT2D eigenvalue weighted by Gasteiger charge is 2.44. The number of benzene rings is 1. The number of carbonyl (C=O) groups excluding carboxylic acids is 1. The molecule has 5 heteroatoms. The summed E-state index contributed by atoms with van der Waals surface area (Å²) in [5.41, 5.74) is 1.75. The largest absolute Gasteiger partial charge is 0.377 e. The van der Waals surface area contributed by atoms with Crippen molar-refractivity contribution < 1.29 is 9.53 Å². The molecule has 0 radical (unpaired) electrons. The van der Waals surface area contributed by atoms with E-state index in [4.69, 9.17) is 10.00 Å². The summed E-state index contributed by atoms with van der Waals surface area (Å²) in [5.74, 6) is 0.661. The second-order valence-electron chi connectivity index (χ2n) is 8.01. The zero-order valence-corrected chi connectivity index (χ0v) is 15.9. The lowest BCUT2D eigenvalue weighted by Crippen LogP contribution is -2.63. The molecule has 5 nitrogen and oxygen atoms in total. The lowest BCUT2D eigenvalue weighted by molar-refractivity contribution is -0.155. The van der Waals surface area contributed by atoms with Gasteiger partial charge in [0.05, 0.1) is 30.4 Å². The minimum Gasteiger partial charge on any atom is -0.377 e. The molecule has 1 aromatic rings. The van der Waals surface area contributed by atoms with E-state index in [1.807, 2.05) is 18.2 Å². The summed E-state index contributed by atoms with van der Waals surface area (Å²) in [6.45, 7) is 8.98. The summed E-state index contributed by atoms with van der Waals surface area (Å²) in [5, 5.41) is 9.06. The molecule has 0 bridgehead atoms. The van der Waals surface area contributed by atoms with E-state index in [1.165, 1.54) is 5.56 Å². The maximum Gasteiger partial charge on any atom is 0.223 e. The third-order valence-electron chi connectivity index (χ3n) is 5.54. The van der Waals surface area contributed by atoms with Crippen LogP contribution in [0.15, 0.2) is 24.3 Å². The Hall–Kier alpha value is -1.90. The molecule has 1 amide bonds. The molecular weight excluding hydrogens is 326 g/mol. The first kappa shape index (κ1) is 18.9. The van der Waals surface area contributed by atoms with Gasteiger partial charge in [-0.25, -0.2) is 0 Å². The fraction of sp³-hybridized carbons (Fsp3) is 0.619. The Bertz CT molecular complexity index is 672. The topological polar surface area (TPSA) is 56.6 Å². The molecule has 0 atom stereocenters. The molecule has 2 saturated heterocycles. The summed E-state index contributed by atoms with van der Waals surface area (Å²) >= 11 is 0. The van der Waals surface area contributed by atoms with Gasteiger partial charge in [-0.05, 0) is 36.5 Å². The molecule has 1 aromatic carbocycles. The molecular formula is C21H29N3O2. The predicted molar refractivity (Wildman–Crippen MR) is 100 cm³/mol. The van der Waals surface area contributed by atoms with Gasteiger partial charge in [0.2, 0.25) is 5.91 Å². The van der Waals surface area contributed by atoms with Crippen LogP contribution in [0.25, 0.3) is 0 Å². The zero-order chi connectivity index (χ0) is 18.6. The fourth-order valence-corrected chi connectivity index (χ4v) is 4.12. The van der Waals surface area contributed by atoms with E-state index in [-0.39, 0.29) is 11.4 Å². The van der Waals surface area contributed by atoms with E-state index in [1.54, 1.807) is 0 Å². The number of amides is 1. The van der Waals surface area contributed by atoms with Gasteiger partial charge < -0.3 is 9.64 Å². The predicted octanol–water partition coefficient (Wildman–Crippen LogP) is 2.80. The number of carbonyl (C=O) groups is 1. The molecule has 0 aliphatic carbocycles. The molecule has 140 valence electrons. The Morgan fingerprint density at radius 1 is 1.31 bits per heavy atom. The molecule has 3 rings (SSSR count). The van der Waals surface area contributed by atoms with Crippen molar-refractivity contribution in [3.05, 3.63) is 35.4 Å². The van der Waals surface area contributed by atoms with E-state index in [0.717, 1.165) is 39.0 Å². The molecule has 2 fully saturated rings. The van der Waals surface area contributed by atoms with Gasteiger partial charge in [-0.2, -0.15) is 5.26 Å². The Balaban J connectivity index is 1.63.